The molecule has 0 aliphatic carbocycles. The van der Waals surface area contributed by atoms with Crippen LogP contribution in [0, 0.1) is 0 Å². The van der Waals surface area contributed by atoms with E-state index in [0.717, 1.165) is 17.0 Å². The Hall–Kier alpha value is -4.71. The molecule has 0 fully saturated rings. The third-order valence-electron chi connectivity index (χ3n) is 8.10. The van der Waals surface area contributed by atoms with Gasteiger partial charge in [0.2, 0.25) is 12.7 Å². The van der Waals surface area contributed by atoms with Gasteiger partial charge < -0.3 is 33.3 Å². The number of hydrogen-bond acceptors (Lipinski definition) is 8. The van der Waals surface area contributed by atoms with Crippen LogP contribution in [0.2, 0.25) is 5.02 Å². The molecule has 2 aromatic carbocycles. The molecule has 0 saturated heterocycles. The fraction of sp³-hybridized carbons (Fsp3) is 0.394. The van der Waals surface area contributed by atoms with Crippen molar-refractivity contribution in [2.75, 3.05) is 46.7 Å². The lowest BCUT2D eigenvalue weighted by Gasteiger charge is -2.25. The average Bonchev–Trinajstić information content (AvgIpc) is 3.80. The highest BCUT2D eigenvalue weighted by atomic mass is 35.5. The number of fused-ring (bicyclic) bond motifs is 5. The van der Waals surface area contributed by atoms with E-state index in [9.17, 15) is 9.59 Å². The van der Waals surface area contributed by atoms with Crippen LogP contribution in [0.1, 0.15) is 35.3 Å². The number of amides is 2. The molecule has 2 amide bonds. The van der Waals surface area contributed by atoms with E-state index in [2.05, 4.69) is 10.1 Å². The molecule has 46 heavy (non-hydrogen) atoms. The first-order valence-electron chi connectivity index (χ1n) is 15.4. The maximum absolute atomic E-state index is 13.7. The Balaban J connectivity index is 1.25. The Morgan fingerprint density at radius 3 is 2.52 bits per heavy atom. The molecule has 0 saturated carbocycles. The largest absolute Gasteiger partial charge is 0.493 e. The molecule has 4 heterocycles. The van der Waals surface area contributed by atoms with Crippen molar-refractivity contribution in [3.05, 3.63) is 71.3 Å². The normalized spacial score (nSPS) is 15.5. The molecule has 13 heteroatoms. The molecule has 0 spiro atoms. The van der Waals surface area contributed by atoms with Crippen molar-refractivity contribution in [2.45, 2.75) is 32.2 Å². The molecular weight excluding hydrogens is 612 g/mol. The lowest BCUT2D eigenvalue weighted by atomic mass is 10.1. The molecule has 2 bridgehead atoms. The highest BCUT2D eigenvalue weighted by Crippen LogP contribution is 2.34. The zero-order valence-electron chi connectivity index (χ0n) is 26.0. The zero-order chi connectivity index (χ0) is 32.0. The monoisotopic (exact) mass is 648 g/mol. The molecule has 6 rings (SSSR count). The van der Waals surface area contributed by atoms with Crippen LogP contribution in [0.3, 0.4) is 0 Å². The fourth-order valence-electron chi connectivity index (χ4n) is 5.72. The second-order valence-electron chi connectivity index (χ2n) is 11.3. The number of benzene rings is 2. The summed E-state index contributed by atoms with van der Waals surface area (Å²) in [6.45, 7) is 3.06. The number of hydrogen-bond donors (Lipinski definition) is 0. The van der Waals surface area contributed by atoms with Gasteiger partial charge in [-0.1, -0.05) is 17.7 Å². The third kappa shape index (κ3) is 7.07. The number of imidazole rings is 1. The minimum atomic E-state index is -0.232. The van der Waals surface area contributed by atoms with Gasteiger partial charge >= 0.3 is 0 Å². The average molecular weight is 649 g/mol. The van der Waals surface area contributed by atoms with Crippen molar-refractivity contribution in [2.24, 2.45) is 7.05 Å². The molecule has 12 nitrogen and oxygen atoms in total. The van der Waals surface area contributed by atoms with Gasteiger partial charge in [0.05, 0.1) is 25.2 Å². The topological polar surface area (TPSA) is 113 Å². The van der Waals surface area contributed by atoms with Gasteiger partial charge in [0.15, 0.2) is 28.7 Å². The number of ether oxygens (including phenoxy) is 4. The molecule has 242 valence electrons. The summed E-state index contributed by atoms with van der Waals surface area (Å²) in [5, 5.41) is 4.61. The summed E-state index contributed by atoms with van der Waals surface area (Å²) in [4.78, 5) is 35.5. The predicted molar refractivity (Wildman–Crippen MR) is 171 cm³/mol. The molecule has 2 aliphatic heterocycles. The summed E-state index contributed by atoms with van der Waals surface area (Å²) < 4.78 is 26.3. The smallest absolute Gasteiger partial charge is 0.275 e. The second kappa shape index (κ2) is 14.2. The van der Waals surface area contributed by atoms with Gasteiger partial charge in [-0.15, -0.1) is 0 Å². The first kappa shape index (κ1) is 31.3. The molecule has 2 aromatic heterocycles. The van der Waals surface area contributed by atoms with Crippen LogP contribution in [-0.2, 0) is 24.8 Å². The Morgan fingerprint density at radius 1 is 0.913 bits per heavy atom. The minimum Gasteiger partial charge on any atom is -0.493 e. The highest BCUT2D eigenvalue weighted by molar-refractivity contribution is 6.33. The van der Waals surface area contributed by atoms with E-state index in [1.54, 1.807) is 31.5 Å². The van der Waals surface area contributed by atoms with Gasteiger partial charge in [-0.05, 0) is 55.2 Å². The van der Waals surface area contributed by atoms with Gasteiger partial charge in [0.25, 0.3) is 5.91 Å². The van der Waals surface area contributed by atoms with Crippen molar-refractivity contribution >= 4 is 23.4 Å². The van der Waals surface area contributed by atoms with E-state index < -0.39 is 0 Å². The van der Waals surface area contributed by atoms with Crippen molar-refractivity contribution in [3.8, 4) is 34.4 Å². The lowest BCUT2D eigenvalue weighted by Crippen LogP contribution is -2.37. The summed E-state index contributed by atoms with van der Waals surface area (Å²) in [7, 11) is 3.33. The SMILES string of the molecule is COc1ccc2cc1OCCCN(C(=O)c1nn(C)cc1Cl)CCCCN(C(=O)Cc1ccc3c(c1)OCO3)CCn1ccnc1-2. The molecule has 2 aliphatic rings. The van der Waals surface area contributed by atoms with Crippen LogP contribution in [0.5, 0.6) is 23.0 Å². The Bertz CT molecular complexity index is 1700. The number of rotatable bonds is 4. The van der Waals surface area contributed by atoms with E-state index in [1.807, 2.05) is 52.1 Å². The van der Waals surface area contributed by atoms with Crippen molar-refractivity contribution in [1.82, 2.24) is 29.1 Å². The van der Waals surface area contributed by atoms with Crippen molar-refractivity contribution in [1.29, 1.82) is 0 Å². The van der Waals surface area contributed by atoms with Gasteiger partial charge in [0, 0.05) is 63.9 Å². The molecule has 4 aromatic rings. The van der Waals surface area contributed by atoms with Gasteiger partial charge in [-0.25, -0.2) is 4.98 Å². The number of aromatic nitrogens is 4. The Kier molecular flexibility index (Phi) is 9.62. The number of aryl methyl sites for hydroxylation is 1. The number of carbonyl (C=O) groups excluding carboxylic acids is 2. The zero-order valence-corrected chi connectivity index (χ0v) is 26.7. The Morgan fingerprint density at radius 2 is 1.72 bits per heavy atom. The van der Waals surface area contributed by atoms with Gasteiger partial charge in [0.1, 0.15) is 5.82 Å². The first-order valence-corrected chi connectivity index (χ1v) is 15.7. The van der Waals surface area contributed by atoms with Crippen LogP contribution in [-0.4, -0.2) is 87.6 Å². The van der Waals surface area contributed by atoms with Gasteiger partial charge in [-0.3, -0.25) is 14.3 Å². The van der Waals surface area contributed by atoms with Crippen molar-refractivity contribution < 1.29 is 28.5 Å². The van der Waals surface area contributed by atoms with Gasteiger partial charge in [-0.2, -0.15) is 5.10 Å². The van der Waals surface area contributed by atoms with Crippen LogP contribution >= 0.6 is 11.6 Å². The van der Waals surface area contributed by atoms with Crippen molar-refractivity contribution in [3.63, 3.8) is 0 Å². The lowest BCUT2D eigenvalue weighted by molar-refractivity contribution is -0.130. The molecular formula is C33H37ClN6O6. The summed E-state index contributed by atoms with van der Waals surface area (Å²) in [5.74, 6) is 3.07. The summed E-state index contributed by atoms with van der Waals surface area (Å²) in [6, 6.07) is 11.3. The second-order valence-corrected chi connectivity index (χ2v) is 11.7. The summed E-state index contributed by atoms with van der Waals surface area (Å²) in [5.41, 5.74) is 1.95. The maximum Gasteiger partial charge on any atom is 0.275 e. The quantitative estimate of drug-likeness (QED) is 0.319. The van der Waals surface area contributed by atoms with Crippen LogP contribution in [0.4, 0.5) is 0 Å². The number of methoxy groups -OCH3 is 1. The first-order chi connectivity index (χ1) is 22.4. The molecule has 0 radical (unpaired) electrons. The number of nitrogens with zero attached hydrogens (tertiary/aromatic N) is 6. The van der Waals surface area contributed by atoms with Crippen LogP contribution in [0.25, 0.3) is 11.4 Å². The van der Waals surface area contributed by atoms with Crippen LogP contribution < -0.4 is 18.9 Å². The molecule has 0 unspecified atom stereocenters. The van der Waals surface area contributed by atoms with E-state index in [0.29, 0.717) is 86.6 Å². The Labute approximate surface area is 272 Å². The van der Waals surface area contributed by atoms with E-state index >= 15 is 0 Å². The van der Waals surface area contributed by atoms with E-state index in [4.69, 9.17) is 30.5 Å². The number of halogens is 1. The minimum absolute atomic E-state index is 0.00628. The fourth-order valence-corrected chi connectivity index (χ4v) is 5.98. The number of carbonyl (C=O) groups is 2. The molecule has 0 N–H and O–H groups in total. The maximum atomic E-state index is 13.7. The summed E-state index contributed by atoms with van der Waals surface area (Å²) in [6.07, 6.45) is 7.50. The standard InChI is InChI=1S/C33H37ClN6O6/c1-37-21-25(34)31(36-37)33(42)40-12-4-3-11-38(30(41)19-23-6-8-27-28(18-23)46-22-45-27)15-16-39-14-10-35-32(39)24-7-9-26(43-2)29(20-24)44-17-5-13-40/h6-10,14,18,20-21H,3-5,11-13,15-17,19,22H2,1-2H3. The van der Waals surface area contributed by atoms with E-state index in [-0.39, 0.29) is 30.7 Å². The molecule has 0 atom stereocenters. The van der Waals surface area contributed by atoms with E-state index in [1.165, 1.54) is 4.68 Å². The predicted octanol–water partition coefficient (Wildman–Crippen LogP) is 4.45. The summed E-state index contributed by atoms with van der Waals surface area (Å²) >= 11 is 6.34. The third-order valence-corrected chi connectivity index (χ3v) is 8.38. The van der Waals surface area contributed by atoms with Crippen LogP contribution in [0.15, 0.2) is 55.0 Å². The highest BCUT2D eigenvalue weighted by Gasteiger charge is 2.23.